The minimum atomic E-state index is 0.414. The first kappa shape index (κ1) is 11.3. The van der Waals surface area contributed by atoms with Gasteiger partial charge in [0.1, 0.15) is 11.5 Å². The van der Waals surface area contributed by atoms with Gasteiger partial charge in [-0.05, 0) is 13.0 Å². The van der Waals surface area contributed by atoms with Crippen LogP contribution in [0, 0.1) is 6.92 Å². The number of ether oxygens (including phenoxy) is 1. The van der Waals surface area contributed by atoms with Crippen molar-refractivity contribution in [1.29, 1.82) is 0 Å². The molecular formula is C14H16N2O2. The van der Waals surface area contributed by atoms with Crippen molar-refractivity contribution in [2.45, 2.75) is 19.4 Å². The normalized spacial score (nSPS) is 17.5. The van der Waals surface area contributed by atoms with Crippen LogP contribution in [0.15, 0.2) is 34.9 Å². The summed E-state index contributed by atoms with van der Waals surface area (Å²) in [5, 5.41) is 3.36. The van der Waals surface area contributed by atoms with Gasteiger partial charge in [-0.25, -0.2) is 4.98 Å². The number of fused-ring (bicyclic) bond motifs is 1. The quantitative estimate of drug-likeness (QED) is 0.896. The van der Waals surface area contributed by atoms with Crippen LogP contribution in [-0.4, -0.2) is 18.1 Å². The van der Waals surface area contributed by atoms with Crippen LogP contribution < -0.4 is 10.1 Å². The fraction of sp³-hybridized carbons (Fsp3) is 0.357. The Labute approximate surface area is 106 Å². The molecule has 0 radical (unpaired) electrons. The van der Waals surface area contributed by atoms with Gasteiger partial charge < -0.3 is 14.5 Å². The van der Waals surface area contributed by atoms with E-state index in [1.807, 2.05) is 19.1 Å². The lowest BCUT2D eigenvalue weighted by atomic mass is 10.0. The Hall–Kier alpha value is -1.81. The summed E-state index contributed by atoms with van der Waals surface area (Å²) in [5.41, 5.74) is 1.29. The van der Waals surface area contributed by atoms with Gasteiger partial charge in [-0.15, -0.1) is 0 Å². The Morgan fingerprint density at radius 2 is 2.28 bits per heavy atom. The lowest BCUT2D eigenvalue weighted by molar-refractivity contribution is 0.324. The predicted octanol–water partition coefficient (Wildman–Crippen LogP) is 2.25. The molecule has 0 saturated carbocycles. The maximum atomic E-state index is 5.64. The molecule has 4 nitrogen and oxygen atoms in total. The van der Waals surface area contributed by atoms with E-state index in [1.165, 1.54) is 5.56 Å². The third kappa shape index (κ3) is 2.24. The van der Waals surface area contributed by atoms with Gasteiger partial charge in [0.05, 0.1) is 19.3 Å². The van der Waals surface area contributed by atoms with Crippen molar-refractivity contribution in [3.8, 4) is 5.75 Å². The van der Waals surface area contributed by atoms with Crippen molar-refractivity contribution < 1.29 is 9.15 Å². The van der Waals surface area contributed by atoms with E-state index in [4.69, 9.17) is 9.15 Å². The van der Waals surface area contributed by atoms with Crippen LogP contribution in [0.2, 0.25) is 0 Å². The first-order valence-electron chi connectivity index (χ1n) is 6.16. The average Bonchev–Trinajstić information content (AvgIpc) is 2.97. The van der Waals surface area contributed by atoms with Crippen molar-refractivity contribution in [3.05, 3.63) is 47.7 Å². The summed E-state index contributed by atoms with van der Waals surface area (Å²) in [7, 11) is 0. The third-order valence-electron chi connectivity index (χ3n) is 3.13. The van der Waals surface area contributed by atoms with E-state index in [2.05, 4.69) is 22.4 Å². The molecular weight excluding hydrogens is 228 g/mol. The zero-order valence-electron chi connectivity index (χ0n) is 10.3. The molecule has 0 bridgehead atoms. The van der Waals surface area contributed by atoms with E-state index in [1.54, 1.807) is 6.20 Å². The largest absolute Gasteiger partial charge is 0.493 e. The predicted molar refractivity (Wildman–Crippen MR) is 67.6 cm³/mol. The number of rotatable bonds is 4. The summed E-state index contributed by atoms with van der Waals surface area (Å²) >= 11 is 0. The minimum Gasteiger partial charge on any atom is -0.493 e. The van der Waals surface area contributed by atoms with Crippen molar-refractivity contribution in [2.24, 2.45) is 0 Å². The van der Waals surface area contributed by atoms with Crippen molar-refractivity contribution in [1.82, 2.24) is 10.3 Å². The van der Waals surface area contributed by atoms with E-state index in [9.17, 15) is 0 Å². The van der Waals surface area contributed by atoms with Gasteiger partial charge in [0.15, 0.2) is 0 Å². The first-order chi connectivity index (χ1) is 8.83. The second-order valence-electron chi connectivity index (χ2n) is 4.54. The molecule has 1 aliphatic rings. The second kappa shape index (κ2) is 4.82. The molecule has 1 aliphatic heterocycles. The van der Waals surface area contributed by atoms with Gasteiger partial charge in [0.25, 0.3) is 0 Å². The summed E-state index contributed by atoms with van der Waals surface area (Å²) in [4.78, 5) is 4.16. The summed E-state index contributed by atoms with van der Waals surface area (Å²) in [5.74, 6) is 3.01. The molecule has 94 valence electrons. The van der Waals surface area contributed by atoms with Crippen LogP contribution in [0.4, 0.5) is 0 Å². The standard InChI is InChI=1S/C14H16N2O2/c1-10-6-16-14(18-10)8-15-7-11-9-17-13-5-3-2-4-12(11)13/h2-6,11,15H,7-9H2,1H3. The highest BCUT2D eigenvalue weighted by atomic mass is 16.5. The topological polar surface area (TPSA) is 47.3 Å². The highest BCUT2D eigenvalue weighted by Gasteiger charge is 2.22. The zero-order chi connectivity index (χ0) is 12.4. The average molecular weight is 244 g/mol. The fourth-order valence-electron chi connectivity index (χ4n) is 2.23. The van der Waals surface area contributed by atoms with E-state index < -0.39 is 0 Å². The molecule has 3 rings (SSSR count). The lowest BCUT2D eigenvalue weighted by Gasteiger charge is -2.08. The number of para-hydroxylation sites is 1. The van der Waals surface area contributed by atoms with Gasteiger partial charge in [-0.2, -0.15) is 0 Å². The van der Waals surface area contributed by atoms with Crippen LogP contribution in [0.3, 0.4) is 0 Å². The zero-order valence-corrected chi connectivity index (χ0v) is 10.3. The summed E-state index contributed by atoms with van der Waals surface area (Å²) in [6.45, 7) is 4.18. The second-order valence-corrected chi connectivity index (χ2v) is 4.54. The van der Waals surface area contributed by atoms with E-state index in [0.29, 0.717) is 12.5 Å². The van der Waals surface area contributed by atoms with Crippen molar-refractivity contribution in [2.75, 3.05) is 13.2 Å². The van der Waals surface area contributed by atoms with Gasteiger partial charge in [0.2, 0.25) is 5.89 Å². The molecule has 1 unspecified atom stereocenters. The molecule has 0 saturated heterocycles. The Morgan fingerprint density at radius 3 is 3.11 bits per heavy atom. The van der Waals surface area contributed by atoms with Gasteiger partial charge in [0, 0.05) is 18.0 Å². The van der Waals surface area contributed by atoms with Gasteiger partial charge >= 0.3 is 0 Å². The van der Waals surface area contributed by atoms with Crippen LogP contribution in [0.1, 0.15) is 23.1 Å². The molecule has 18 heavy (non-hydrogen) atoms. The van der Waals surface area contributed by atoms with Crippen molar-refractivity contribution >= 4 is 0 Å². The Balaban J connectivity index is 1.56. The Bertz CT molecular complexity index is 536. The molecule has 2 heterocycles. The highest BCUT2D eigenvalue weighted by molar-refractivity contribution is 5.39. The maximum absolute atomic E-state index is 5.64. The van der Waals surface area contributed by atoms with Crippen LogP contribution in [0.5, 0.6) is 5.75 Å². The smallest absolute Gasteiger partial charge is 0.208 e. The number of benzene rings is 1. The molecule has 1 N–H and O–H groups in total. The highest BCUT2D eigenvalue weighted by Crippen LogP contribution is 2.32. The molecule has 1 atom stereocenters. The summed E-state index contributed by atoms with van der Waals surface area (Å²) in [6.07, 6.45) is 1.74. The number of hydrogen-bond acceptors (Lipinski definition) is 4. The molecule has 1 aromatic carbocycles. The minimum absolute atomic E-state index is 0.414. The third-order valence-corrected chi connectivity index (χ3v) is 3.13. The Kier molecular flexibility index (Phi) is 3.02. The van der Waals surface area contributed by atoms with E-state index in [-0.39, 0.29) is 0 Å². The number of nitrogens with one attached hydrogen (secondary N) is 1. The fourth-order valence-corrected chi connectivity index (χ4v) is 2.23. The molecule has 0 fully saturated rings. The lowest BCUT2D eigenvalue weighted by Crippen LogP contribution is -2.22. The number of hydrogen-bond donors (Lipinski definition) is 1. The SMILES string of the molecule is Cc1cnc(CNCC2COc3ccccc32)o1. The number of aromatic nitrogens is 1. The number of aryl methyl sites for hydroxylation is 1. The Morgan fingerprint density at radius 1 is 1.39 bits per heavy atom. The molecule has 2 aromatic rings. The maximum Gasteiger partial charge on any atom is 0.208 e. The molecule has 4 heteroatoms. The number of oxazole rings is 1. The number of nitrogens with zero attached hydrogens (tertiary/aromatic N) is 1. The first-order valence-corrected chi connectivity index (χ1v) is 6.16. The molecule has 0 spiro atoms. The summed E-state index contributed by atoms with van der Waals surface area (Å²) in [6, 6.07) is 8.21. The van der Waals surface area contributed by atoms with E-state index in [0.717, 1.165) is 30.6 Å². The van der Waals surface area contributed by atoms with Crippen LogP contribution in [0.25, 0.3) is 0 Å². The van der Waals surface area contributed by atoms with Crippen molar-refractivity contribution in [3.63, 3.8) is 0 Å². The van der Waals surface area contributed by atoms with Crippen LogP contribution in [-0.2, 0) is 6.54 Å². The van der Waals surface area contributed by atoms with Gasteiger partial charge in [-0.1, -0.05) is 18.2 Å². The molecule has 0 aliphatic carbocycles. The summed E-state index contributed by atoms with van der Waals surface area (Å²) < 4.78 is 11.1. The van der Waals surface area contributed by atoms with Crippen LogP contribution >= 0.6 is 0 Å². The monoisotopic (exact) mass is 244 g/mol. The molecule has 0 amide bonds. The van der Waals surface area contributed by atoms with Gasteiger partial charge in [-0.3, -0.25) is 0 Å². The van der Waals surface area contributed by atoms with E-state index >= 15 is 0 Å². The molecule has 1 aromatic heterocycles.